The number of phenolic OH excluding ortho intramolecular Hbond substituents is 1. The SMILES string of the molecule is COc1cc(/C=N\NC(=O)c2ccc(NC(=O)c3ccc(Cl)cc3)cc2)ccc1O. The zero-order chi connectivity index (χ0) is 21.5. The number of aromatic hydroxyl groups is 1. The largest absolute Gasteiger partial charge is 0.504 e. The molecule has 0 fully saturated rings. The smallest absolute Gasteiger partial charge is 0.271 e. The van der Waals surface area contributed by atoms with Gasteiger partial charge < -0.3 is 15.2 Å². The van der Waals surface area contributed by atoms with Crippen molar-refractivity contribution in [3.63, 3.8) is 0 Å². The maximum Gasteiger partial charge on any atom is 0.271 e. The van der Waals surface area contributed by atoms with Crippen LogP contribution in [0.25, 0.3) is 0 Å². The molecule has 152 valence electrons. The summed E-state index contributed by atoms with van der Waals surface area (Å²) in [7, 11) is 1.44. The van der Waals surface area contributed by atoms with E-state index in [2.05, 4.69) is 15.8 Å². The van der Waals surface area contributed by atoms with Gasteiger partial charge in [0.2, 0.25) is 0 Å². The van der Waals surface area contributed by atoms with Crippen LogP contribution in [0.4, 0.5) is 5.69 Å². The first-order chi connectivity index (χ1) is 14.5. The van der Waals surface area contributed by atoms with Crippen molar-refractivity contribution in [2.45, 2.75) is 0 Å². The maximum atomic E-state index is 12.2. The quantitative estimate of drug-likeness (QED) is 0.411. The second-order valence-electron chi connectivity index (χ2n) is 6.17. The van der Waals surface area contributed by atoms with Crippen LogP contribution in [0, 0.1) is 0 Å². The number of ether oxygens (including phenoxy) is 1. The Bertz CT molecular complexity index is 1080. The van der Waals surface area contributed by atoms with Crippen molar-refractivity contribution in [3.05, 3.63) is 88.4 Å². The molecule has 0 saturated carbocycles. The summed E-state index contributed by atoms with van der Waals surface area (Å²) >= 11 is 5.82. The summed E-state index contributed by atoms with van der Waals surface area (Å²) in [5.74, 6) is -0.367. The lowest BCUT2D eigenvalue weighted by Crippen LogP contribution is -2.17. The van der Waals surface area contributed by atoms with E-state index >= 15 is 0 Å². The fourth-order valence-electron chi connectivity index (χ4n) is 2.51. The molecule has 2 amide bonds. The fraction of sp³-hybridized carbons (Fsp3) is 0.0455. The van der Waals surface area contributed by atoms with Gasteiger partial charge in [0.1, 0.15) is 0 Å². The Kier molecular flexibility index (Phi) is 6.67. The van der Waals surface area contributed by atoms with Gasteiger partial charge >= 0.3 is 0 Å². The molecule has 0 atom stereocenters. The third-order valence-corrected chi connectivity index (χ3v) is 4.35. The predicted octanol–water partition coefficient (Wildman–Crippen LogP) is 4.07. The summed E-state index contributed by atoms with van der Waals surface area (Å²) in [4.78, 5) is 24.4. The molecule has 0 aromatic heterocycles. The Morgan fingerprint density at radius 3 is 2.27 bits per heavy atom. The summed E-state index contributed by atoms with van der Waals surface area (Å²) < 4.78 is 5.02. The normalized spacial score (nSPS) is 10.6. The van der Waals surface area contributed by atoms with E-state index in [4.69, 9.17) is 16.3 Å². The number of methoxy groups -OCH3 is 1. The van der Waals surface area contributed by atoms with Crippen LogP contribution in [-0.4, -0.2) is 30.2 Å². The van der Waals surface area contributed by atoms with Gasteiger partial charge in [0.15, 0.2) is 11.5 Å². The van der Waals surface area contributed by atoms with E-state index < -0.39 is 5.91 Å². The fourth-order valence-corrected chi connectivity index (χ4v) is 2.64. The van der Waals surface area contributed by atoms with E-state index in [1.54, 1.807) is 60.7 Å². The molecule has 3 aromatic rings. The van der Waals surface area contributed by atoms with Crippen LogP contribution in [0.15, 0.2) is 71.8 Å². The number of hydrazone groups is 1. The number of hydrogen-bond acceptors (Lipinski definition) is 5. The molecule has 3 N–H and O–H groups in total. The monoisotopic (exact) mass is 423 g/mol. The van der Waals surface area contributed by atoms with Crippen LogP contribution in [-0.2, 0) is 0 Å². The Balaban J connectivity index is 1.58. The summed E-state index contributed by atoms with van der Waals surface area (Å²) in [6.45, 7) is 0. The van der Waals surface area contributed by atoms with Crippen LogP contribution < -0.4 is 15.5 Å². The number of nitrogens with one attached hydrogen (secondary N) is 2. The molecule has 30 heavy (non-hydrogen) atoms. The molecule has 0 aliphatic rings. The van der Waals surface area contributed by atoms with Crippen LogP contribution in [0.5, 0.6) is 11.5 Å². The summed E-state index contributed by atoms with van der Waals surface area (Å²) in [5, 5.41) is 16.8. The number of halogens is 1. The Labute approximate surface area is 178 Å². The van der Waals surface area contributed by atoms with Crippen molar-refractivity contribution in [2.75, 3.05) is 12.4 Å². The van der Waals surface area contributed by atoms with Gasteiger partial charge in [0.25, 0.3) is 11.8 Å². The number of anilines is 1. The van der Waals surface area contributed by atoms with Gasteiger partial charge in [-0.2, -0.15) is 5.10 Å². The highest BCUT2D eigenvalue weighted by molar-refractivity contribution is 6.30. The van der Waals surface area contributed by atoms with Gasteiger partial charge in [0.05, 0.1) is 13.3 Å². The minimum Gasteiger partial charge on any atom is -0.504 e. The lowest BCUT2D eigenvalue weighted by molar-refractivity contribution is 0.0954. The van der Waals surface area contributed by atoms with Gasteiger partial charge in [-0.05, 0) is 72.3 Å². The molecule has 8 heteroatoms. The van der Waals surface area contributed by atoms with E-state index in [1.807, 2.05) is 0 Å². The van der Waals surface area contributed by atoms with Crippen LogP contribution in [0.2, 0.25) is 5.02 Å². The molecular formula is C22H18ClN3O4. The average molecular weight is 424 g/mol. The molecule has 3 aromatic carbocycles. The van der Waals surface area contributed by atoms with Gasteiger partial charge in [-0.3, -0.25) is 9.59 Å². The number of carbonyl (C=O) groups is 2. The zero-order valence-corrected chi connectivity index (χ0v) is 16.7. The second kappa shape index (κ2) is 9.58. The Morgan fingerprint density at radius 1 is 0.967 bits per heavy atom. The molecular weight excluding hydrogens is 406 g/mol. The second-order valence-corrected chi connectivity index (χ2v) is 6.61. The number of nitrogens with zero attached hydrogens (tertiary/aromatic N) is 1. The molecule has 0 saturated heterocycles. The number of phenols is 1. The number of benzene rings is 3. The topological polar surface area (TPSA) is 100 Å². The van der Waals surface area contributed by atoms with Crippen molar-refractivity contribution in [1.82, 2.24) is 5.43 Å². The third kappa shape index (κ3) is 5.36. The number of amides is 2. The first-order valence-corrected chi connectivity index (χ1v) is 9.21. The molecule has 0 aliphatic heterocycles. The number of hydrogen-bond donors (Lipinski definition) is 3. The first kappa shape index (κ1) is 20.9. The molecule has 7 nitrogen and oxygen atoms in total. The average Bonchev–Trinajstić information content (AvgIpc) is 2.75. The summed E-state index contributed by atoms with van der Waals surface area (Å²) in [6, 6.07) is 17.6. The summed E-state index contributed by atoms with van der Waals surface area (Å²) in [6.07, 6.45) is 1.43. The van der Waals surface area contributed by atoms with Gasteiger partial charge in [-0.1, -0.05) is 11.6 Å². The first-order valence-electron chi connectivity index (χ1n) is 8.83. The van der Waals surface area contributed by atoms with Crippen LogP contribution in [0.3, 0.4) is 0 Å². The molecule has 0 unspecified atom stereocenters. The minimum atomic E-state index is -0.410. The summed E-state index contributed by atoms with van der Waals surface area (Å²) in [5.41, 5.74) is 4.46. The highest BCUT2D eigenvalue weighted by Gasteiger charge is 2.08. The molecule has 0 heterocycles. The van der Waals surface area contributed by atoms with E-state index in [9.17, 15) is 14.7 Å². The molecule has 0 radical (unpaired) electrons. The molecule has 0 spiro atoms. The van der Waals surface area contributed by atoms with Crippen LogP contribution >= 0.6 is 11.6 Å². The van der Waals surface area contributed by atoms with Crippen molar-refractivity contribution in [2.24, 2.45) is 5.10 Å². The van der Waals surface area contributed by atoms with Gasteiger partial charge in [0, 0.05) is 21.8 Å². The highest BCUT2D eigenvalue weighted by Crippen LogP contribution is 2.25. The molecule has 0 bridgehead atoms. The third-order valence-electron chi connectivity index (χ3n) is 4.09. The molecule has 0 aliphatic carbocycles. The van der Waals surface area contributed by atoms with Crippen molar-refractivity contribution < 1.29 is 19.4 Å². The minimum absolute atomic E-state index is 0.0157. The van der Waals surface area contributed by atoms with Gasteiger partial charge in [-0.25, -0.2) is 5.43 Å². The molecule has 3 rings (SSSR count). The highest BCUT2D eigenvalue weighted by atomic mass is 35.5. The Morgan fingerprint density at radius 2 is 1.60 bits per heavy atom. The van der Waals surface area contributed by atoms with Crippen molar-refractivity contribution in [3.8, 4) is 11.5 Å². The van der Waals surface area contributed by atoms with E-state index in [1.165, 1.54) is 19.4 Å². The van der Waals surface area contributed by atoms with Crippen molar-refractivity contribution >= 4 is 35.3 Å². The number of carbonyl (C=O) groups excluding carboxylic acids is 2. The van der Waals surface area contributed by atoms with E-state index in [0.717, 1.165) is 0 Å². The van der Waals surface area contributed by atoms with E-state index in [0.29, 0.717) is 33.1 Å². The lowest BCUT2D eigenvalue weighted by Gasteiger charge is -2.06. The predicted molar refractivity (Wildman–Crippen MR) is 116 cm³/mol. The zero-order valence-electron chi connectivity index (χ0n) is 15.9. The maximum absolute atomic E-state index is 12.2. The van der Waals surface area contributed by atoms with E-state index in [-0.39, 0.29) is 11.7 Å². The Hall–Kier alpha value is -3.84. The van der Waals surface area contributed by atoms with Gasteiger partial charge in [-0.15, -0.1) is 0 Å². The van der Waals surface area contributed by atoms with Crippen molar-refractivity contribution in [1.29, 1.82) is 0 Å². The number of rotatable bonds is 6. The lowest BCUT2D eigenvalue weighted by atomic mass is 10.1. The standard InChI is InChI=1S/C22H18ClN3O4/c1-30-20-12-14(2-11-19(20)27)13-24-26-22(29)16-5-9-18(10-6-16)25-21(28)15-3-7-17(23)8-4-15/h2-13,27H,1H3,(H,25,28)(H,26,29)/b24-13-. The van der Waals surface area contributed by atoms with Crippen LogP contribution in [0.1, 0.15) is 26.3 Å².